The molecule has 18 heavy (non-hydrogen) atoms. The summed E-state index contributed by atoms with van der Waals surface area (Å²) in [6, 6.07) is 2.98. The molecule has 2 atom stereocenters. The summed E-state index contributed by atoms with van der Waals surface area (Å²) in [6.45, 7) is 4.31. The van der Waals surface area contributed by atoms with E-state index in [1.54, 1.807) is 6.07 Å². The summed E-state index contributed by atoms with van der Waals surface area (Å²) in [6.07, 6.45) is 0.635. The van der Waals surface area contributed by atoms with E-state index in [1.165, 1.54) is 6.07 Å². The maximum absolute atomic E-state index is 13.4. The van der Waals surface area contributed by atoms with Crippen molar-refractivity contribution in [2.75, 3.05) is 11.9 Å². The molecular formula is C13H15BrFNO2. The van der Waals surface area contributed by atoms with Gasteiger partial charge in [-0.1, -0.05) is 0 Å². The topological polar surface area (TPSA) is 38.3 Å². The Morgan fingerprint density at radius 1 is 1.56 bits per heavy atom. The highest BCUT2D eigenvalue weighted by atomic mass is 79.9. The Kier molecular flexibility index (Phi) is 4.02. The number of aryl methyl sites for hydroxylation is 1. The van der Waals surface area contributed by atoms with Gasteiger partial charge in [-0.15, -0.1) is 0 Å². The van der Waals surface area contributed by atoms with Crippen molar-refractivity contribution in [1.82, 2.24) is 0 Å². The van der Waals surface area contributed by atoms with Gasteiger partial charge in [-0.2, -0.15) is 0 Å². The number of hydrogen-bond donors (Lipinski definition) is 1. The lowest BCUT2D eigenvalue weighted by Gasteiger charge is -2.15. The molecular weight excluding hydrogens is 301 g/mol. The number of ether oxygens (including phenoxy) is 1. The van der Waals surface area contributed by atoms with Crippen LogP contribution in [-0.2, 0) is 9.53 Å². The predicted octanol–water partition coefficient (Wildman–Crippen LogP) is 3.26. The van der Waals surface area contributed by atoms with E-state index >= 15 is 0 Å². The van der Waals surface area contributed by atoms with E-state index in [9.17, 15) is 9.18 Å². The molecule has 0 radical (unpaired) electrons. The predicted molar refractivity (Wildman–Crippen MR) is 71.0 cm³/mol. The minimum Gasteiger partial charge on any atom is -0.378 e. The van der Waals surface area contributed by atoms with Crippen LogP contribution in [0.4, 0.5) is 10.1 Å². The van der Waals surface area contributed by atoms with Gasteiger partial charge in [0.05, 0.1) is 16.5 Å². The highest BCUT2D eigenvalue weighted by Gasteiger charge is 2.30. The molecule has 1 fully saturated rings. The second-order valence-corrected chi connectivity index (χ2v) is 5.40. The molecule has 98 valence electrons. The van der Waals surface area contributed by atoms with Crippen LogP contribution in [0.1, 0.15) is 18.9 Å². The van der Waals surface area contributed by atoms with Gasteiger partial charge in [0.15, 0.2) is 0 Å². The van der Waals surface area contributed by atoms with E-state index < -0.39 is 0 Å². The second-order valence-electron chi connectivity index (χ2n) is 4.54. The minimum absolute atomic E-state index is 0.0781. The van der Waals surface area contributed by atoms with Crippen molar-refractivity contribution in [2.24, 2.45) is 5.92 Å². The average Bonchev–Trinajstić information content (AvgIpc) is 2.72. The van der Waals surface area contributed by atoms with Gasteiger partial charge in [0.25, 0.3) is 0 Å². The Morgan fingerprint density at radius 3 is 2.89 bits per heavy atom. The van der Waals surface area contributed by atoms with Gasteiger partial charge in [0.1, 0.15) is 5.82 Å². The minimum atomic E-state index is -0.383. The summed E-state index contributed by atoms with van der Waals surface area (Å²) < 4.78 is 19.2. The molecule has 3 nitrogen and oxygen atoms in total. The second kappa shape index (κ2) is 5.36. The lowest BCUT2D eigenvalue weighted by molar-refractivity contribution is -0.121. The third kappa shape index (κ3) is 2.72. The summed E-state index contributed by atoms with van der Waals surface area (Å²) in [5.74, 6) is -0.646. The zero-order valence-electron chi connectivity index (χ0n) is 10.3. The first-order valence-electron chi connectivity index (χ1n) is 5.87. The fourth-order valence-electron chi connectivity index (χ4n) is 2.08. The third-order valence-electron chi connectivity index (χ3n) is 3.24. The Balaban J connectivity index is 2.14. The van der Waals surface area contributed by atoms with Crippen LogP contribution in [0.5, 0.6) is 0 Å². The number of carbonyl (C=O) groups excluding carboxylic acids is 1. The highest BCUT2D eigenvalue weighted by Crippen LogP contribution is 2.26. The number of nitrogens with one attached hydrogen (secondary N) is 1. The van der Waals surface area contributed by atoms with E-state index in [1.807, 2.05) is 13.8 Å². The molecule has 1 amide bonds. The maximum Gasteiger partial charge on any atom is 0.230 e. The molecule has 2 unspecified atom stereocenters. The first kappa shape index (κ1) is 13.5. The normalized spacial score (nSPS) is 23.1. The monoisotopic (exact) mass is 315 g/mol. The van der Waals surface area contributed by atoms with Crippen LogP contribution in [0.2, 0.25) is 0 Å². The highest BCUT2D eigenvalue weighted by molar-refractivity contribution is 9.10. The summed E-state index contributed by atoms with van der Waals surface area (Å²) in [7, 11) is 0. The lowest BCUT2D eigenvalue weighted by Crippen LogP contribution is -2.28. The average molecular weight is 316 g/mol. The molecule has 1 aliphatic heterocycles. The van der Waals surface area contributed by atoms with Crippen molar-refractivity contribution in [2.45, 2.75) is 26.4 Å². The smallest absolute Gasteiger partial charge is 0.230 e. The first-order chi connectivity index (χ1) is 8.49. The van der Waals surface area contributed by atoms with Crippen molar-refractivity contribution >= 4 is 27.5 Å². The largest absolute Gasteiger partial charge is 0.378 e. The molecule has 1 N–H and O–H groups in total. The number of rotatable bonds is 2. The number of halogens is 2. The van der Waals surface area contributed by atoms with Gasteiger partial charge >= 0.3 is 0 Å². The molecule has 5 heteroatoms. The van der Waals surface area contributed by atoms with Crippen molar-refractivity contribution in [1.29, 1.82) is 0 Å². The number of anilines is 1. The molecule has 1 saturated heterocycles. The SMILES string of the molecule is Cc1cc(Br)c(F)cc1NC(=O)C1CCOC1C. The van der Waals surface area contributed by atoms with E-state index in [0.717, 1.165) is 5.56 Å². The molecule has 1 aromatic carbocycles. The van der Waals surface area contributed by atoms with Gasteiger partial charge in [-0.3, -0.25) is 4.79 Å². The summed E-state index contributed by atoms with van der Waals surface area (Å²) in [5, 5.41) is 2.77. The van der Waals surface area contributed by atoms with Gasteiger partial charge in [0.2, 0.25) is 5.91 Å². The molecule has 2 rings (SSSR count). The number of benzene rings is 1. The molecule has 0 aliphatic carbocycles. The molecule has 0 aromatic heterocycles. The standard InChI is InChI=1S/C13H15BrFNO2/c1-7-5-10(14)11(15)6-12(7)16-13(17)9-3-4-18-8(9)2/h5-6,8-9H,3-4H2,1-2H3,(H,16,17). The van der Waals surface area contributed by atoms with Crippen LogP contribution in [0.25, 0.3) is 0 Å². The number of amides is 1. The maximum atomic E-state index is 13.4. The van der Waals surface area contributed by atoms with Crippen molar-refractivity contribution < 1.29 is 13.9 Å². The summed E-state index contributed by atoms with van der Waals surface area (Å²) >= 11 is 3.11. The zero-order chi connectivity index (χ0) is 13.3. The van der Waals surface area contributed by atoms with Gasteiger partial charge in [-0.05, 0) is 53.9 Å². The van der Waals surface area contributed by atoms with Crippen LogP contribution < -0.4 is 5.32 Å². The Bertz CT molecular complexity index is 478. The van der Waals surface area contributed by atoms with Crippen LogP contribution in [0.3, 0.4) is 0 Å². The zero-order valence-corrected chi connectivity index (χ0v) is 11.9. The molecule has 1 aliphatic rings. The molecule has 0 bridgehead atoms. The molecule has 0 saturated carbocycles. The van der Waals surface area contributed by atoms with Gasteiger partial charge in [-0.25, -0.2) is 4.39 Å². The molecule has 1 heterocycles. The Hall–Kier alpha value is -0.940. The van der Waals surface area contributed by atoms with Crippen molar-refractivity contribution in [3.05, 3.63) is 28.0 Å². The first-order valence-corrected chi connectivity index (χ1v) is 6.66. The van der Waals surface area contributed by atoms with E-state index in [-0.39, 0.29) is 23.7 Å². The molecule has 0 spiro atoms. The van der Waals surface area contributed by atoms with E-state index in [0.29, 0.717) is 23.2 Å². The van der Waals surface area contributed by atoms with Crippen LogP contribution in [0.15, 0.2) is 16.6 Å². The third-order valence-corrected chi connectivity index (χ3v) is 3.85. The van der Waals surface area contributed by atoms with Crippen LogP contribution in [-0.4, -0.2) is 18.6 Å². The summed E-state index contributed by atoms with van der Waals surface area (Å²) in [4.78, 5) is 12.0. The van der Waals surface area contributed by atoms with E-state index in [4.69, 9.17) is 4.74 Å². The fraction of sp³-hybridized carbons (Fsp3) is 0.462. The van der Waals surface area contributed by atoms with E-state index in [2.05, 4.69) is 21.2 Å². The van der Waals surface area contributed by atoms with Crippen molar-refractivity contribution in [3.8, 4) is 0 Å². The number of hydrogen-bond acceptors (Lipinski definition) is 2. The Morgan fingerprint density at radius 2 is 2.28 bits per heavy atom. The molecule has 1 aromatic rings. The van der Waals surface area contributed by atoms with Crippen molar-refractivity contribution in [3.63, 3.8) is 0 Å². The lowest BCUT2D eigenvalue weighted by atomic mass is 10.0. The quantitative estimate of drug-likeness (QED) is 0.909. The fourth-order valence-corrected chi connectivity index (χ4v) is 2.54. The van der Waals surface area contributed by atoms with Crippen LogP contribution >= 0.6 is 15.9 Å². The van der Waals surface area contributed by atoms with Crippen LogP contribution in [0, 0.1) is 18.7 Å². The van der Waals surface area contributed by atoms with Gasteiger partial charge in [0, 0.05) is 12.3 Å². The Labute approximate surface area is 114 Å². The summed E-state index contributed by atoms with van der Waals surface area (Å²) in [5.41, 5.74) is 1.34. The number of carbonyl (C=O) groups is 1. The van der Waals surface area contributed by atoms with Gasteiger partial charge < -0.3 is 10.1 Å².